The van der Waals surface area contributed by atoms with Crippen molar-refractivity contribution < 1.29 is 5.11 Å². The molecule has 1 rings (SSSR count). The van der Waals surface area contributed by atoms with Gasteiger partial charge in [-0.15, -0.1) is 12.4 Å². The summed E-state index contributed by atoms with van der Waals surface area (Å²) in [6, 6.07) is 5.66. The maximum absolute atomic E-state index is 9.46. The third-order valence-corrected chi connectivity index (χ3v) is 1.72. The van der Waals surface area contributed by atoms with Crippen LogP contribution in [-0.2, 0) is 6.54 Å². The van der Waals surface area contributed by atoms with Crippen molar-refractivity contribution in [1.82, 2.24) is 4.90 Å². The summed E-state index contributed by atoms with van der Waals surface area (Å²) in [4.78, 5) is 2.04. The molecule has 0 aliphatic heterocycles. The van der Waals surface area contributed by atoms with Crippen LogP contribution in [0.15, 0.2) is 18.2 Å². The maximum Gasteiger partial charge on any atom is 0.120 e. The van der Waals surface area contributed by atoms with Gasteiger partial charge in [-0.05, 0) is 27.1 Å². The molecule has 0 bridgehead atoms. The van der Waals surface area contributed by atoms with Crippen LogP contribution in [0.5, 0.6) is 5.75 Å². The normalized spacial score (nSPS) is 9.85. The largest absolute Gasteiger partial charge is 0.508 e. The van der Waals surface area contributed by atoms with E-state index in [4.69, 9.17) is 0 Å². The van der Waals surface area contributed by atoms with Gasteiger partial charge in [0, 0.05) is 12.1 Å². The van der Waals surface area contributed by atoms with Crippen LogP contribution >= 0.6 is 12.4 Å². The molecule has 1 aromatic carbocycles. The molecule has 2 nitrogen and oxygen atoms in total. The molecule has 0 heterocycles. The SMILES string of the molecule is Cc1ccc(O)c(CN(C)C)c1.Cl. The first-order valence-electron chi connectivity index (χ1n) is 4.03. The highest BCUT2D eigenvalue weighted by atomic mass is 35.5. The first kappa shape index (κ1) is 12.3. The van der Waals surface area contributed by atoms with Crippen LogP contribution in [0.2, 0.25) is 0 Å². The number of benzene rings is 1. The molecular formula is C10H16ClNO. The quantitative estimate of drug-likeness (QED) is 0.793. The zero-order chi connectivity index (χ0) is 9.14. The third-order valence-electron chi connectivity index (χ3n) is 1.72. The lowest BCUT2D eigenvalue weighted by atomic mass is 10.1. The van der Waals surface area contributed by atoms with E-state index < -0.39 is 0 Å². The van der Waals surface area contributed by atoms with E-state index in [2.05, 4.69) is 0 Å². The molecule has 0 aliphatic rings. The molecule has 0 aromatic heterocycles. The Hall–Kier alpha value is -0.730. The fraction of sp³-hybridized carbons (Fsp3) is 0.400. The van der Waals surface area contributed by atoms with Gasteiger partial charge in [0.15, 0.2) is 0 Å². The van der Waals surface area contributed by atoms with Gasteiger partial charge in [-0.3, -0.25) is 0 Å². The summed E-state index contributed by atoms with van der Waals surface area (Å²) >= 11 is 0. The van der Waals surface area contributed by atoms with Gasteiger partial charge in [-0.1, -0.05) is 17.7 Å². The van der Waals surface area contributed by atoms with Crippen LogP contribution in [0, 0.1) is 6.92 Å². The van der Waals surface area contributed by atoms with Crippen molar-refractivity contribution in [3.63, 3.8) is 0 Å². The van der Waals surface area contributed by atoms with Crippen LogP contribution in [-0.4, -0.2) is 24.1 Å². The van der Waals surface area contributed by atoms with Crippen molar-refractivity contribution in [3.05, 3.63) is 29.3 Å². The first-order valence-corrected chi connectivity index (χ1v) is 4.03. The molecule has 0 atom stereocenters. The average molecular weight is 202 g/mol. The lowest BCUT2D eigenvalue weighted by Gasteiger charge is -2.11. The Morgan fingerprint density at radius 2 is 1.92 bits per heavy atom. The summed E-state index contributed by atoms with van der Waals surface area (Å²) in [6.45, 7) is 2.81. The fourth-order valence-electron chi connectivity index (χ4n) is 1.18. The highest BCUT2D eigenvalue weighted by molar-refractivity contribution is 5.85. The summed E-state index contributed by atoms with van der Waals surface area (Å²) < 4.78 is 0. The Bertz CT molecular complexity index is 274. The molecule has 13 heavy (non-hydrogen) atoms. The maximum atomic E-state index is 9.46. The summed E-state index contributed by atoms with van der Waals surface area (Å²) in [5.41, 5.74) is 2.17. The lowest BCUT2D eigenvalue weighted by molar-refractivity contribution is 0.385. The second-order valence-corrected chi connectivity index (χ2v) is 3.37. The van der Waals surface area contributed by atoms with Crippen molar-refractivity contribution in [1.29, 1.82) is 0 Å². The van der Waals surface area contributed by atoms with Crippen molar-refractivity contribution in [2.45, 2.75) is 13.5 Å². The number of aromatic hydroxyl groups is 1. The number of phenols is 1. The molecule has 0 unspecified atom stereocenters. The number of nitrogens with zero attached hydrogens (tertiary/aromatic N) is 1. The van der Waals surface area contributed by atoms with Gasteiger partial charge in [0.2, 0.25) is 0 Å². The molecule has 1 N–H and O–H groups in total. The Morgan fingerprint density at radius 1 is 1.31 bits per heavy atom. The Labute approximate surface area is 85.6 Å². The zero-order valence-corrected chi connectivity index (χ0v) is 9.06. The van der Waals surface area contributed by atoms with E-state index in [0.29, 0.717) is 5.75 Å². The predicted molar refractivity (Wildman–Crippen MR) is 57.5 cm³/mol. The molecule has 74 valence electrons. The molecule has 0 spiro atoms. The number of hydrogen-bond acceptors (Lipinski definition) is 2. The highest BCUT2D eigenvalue weighted by Crippen LogP contribution is 2.18. The van der Waals surface area contributed by atoms with Crippen molar-refractivity contribution in [2.24, 2.45) is 0 Å². The standard InChI is InChI=1S/C10H15NO.ClH/c1-8-4-5-10(12)9(6-8)7-11(2)3;/h4-6,12H,7H2,1-3H3;1H. The lowest BCUT2D eigenvalue weighted by Crippen LogP contribution is -2.10. The highest BCUT2D eigenvalue weighted by Gasteiger charge is 2.01. The average Bonchev–Trinajstić information content (AvgIpc) is 1.96. The number of hydrogen-bond donors (Lipinski definition) is 1. The molecule has 3 heteroatoms. The fourth-order valence-corrected chi connectivity index (χ4v) is 1.18. The number of phenolic OH excluding ortho intramolecular Hbond substituents is 1. The predicted octanol–water partition coefficient (Wildman–Crippen LogP) is 2.18. The topological polar surface area (TPSA) is 23.5 Å². The van der Waals surface area contributed by atoms with E-state index in [9.17, 15) is 5.11 Å². The summed E-state index contributed by atoms with van der Waals surface area (Å²) in [5.74, 6) is 0.384. The van der Waals surface area contributed by atoms with Crippen LogP contribution in [0.3, 0.4) is 0 Å². The van der Waals surface area contributed by atoms with Gasteiger partial charge in [0.1, 0.15) is 5.75 Å². The summed E-state index contributed by atoms with van der Waals surface area (Å²) in [7, 11) is 3.98. The van der Waals surface area contributed by atoms with Crippen LogP contribution in [0.4, 0.5) is 0 Å². The minimum absolute atomic E-state index is 0. The van der Waals surface area contributed by atoms with E-state index in [1.165, 1.54) is 5.56 Å². The number of aryl methyl sites for hydroxylation is 1. The first-order chi connectivity index (χ1) is 5.59. The van der Waals surface area contributed by atoms with Crippen LogP contribution in [0.25, 0.3) is 0 Å². The second kappa shape index (κ2) is 5.10. The van der Waals surface area contributed by atoms with Crippen LogP contribution < -0.4 is 0 Å². The Morgan fingerprint density at radius 3 is 2.46 bits per heavy atom. The van der Waals surface area contributed by atoms with E-state index in [0.717, 1.165) is 12.1 Å². The smallest absolute Gasteiger partial charge is 0.120 e. The Kier molecular flexibility index (Phi) is 4.81. The monoisotopic (exact) mass is 201 g/mol. The van der Waals surface area contributed by atoms with Gasteiger partial charge < -0.3 is 10.0 Å². The molecule has 0 radical (unpaired) electrons. The van der Waals surface area contributed by atoms with Gasteiger partial charge >= 0.3 is 0 Å². The van der Waals surface area contributed by atoms with Crippen molar-refractivity contribution in [3.8, 4) is 5.75 Å². The number of rotatable bonds is 2. The van der Waals surface area contributed by atoms with E-state index in [1.54, 1.807) is 6.07 Å². The van der Waals surface area contributed by atoms with Gasteiger partial charge in [0.25, 0.3) is 0 Å². The molecule has 0 fully saturated rings. The summed E-state index contributed by atoms with van der Waals surface area (Å²) in [5, 5.41) is 9.46. The van der Waals surface area contributed by atoms with Gasteiger partial charge in [-0.25, -0.2) is 0 Å². The summed E-state index contributed by atoms with van der Waals surface area (Å²) in [6.07, 6.45) is 0. The van der Waals surface area contributed by atoms with Crippen molar-refractivity contribution in [2.75, 3.05) is 14.1 Å². The minimum atomic E-state index is 0. The number of halogens is 1. The molecule has 1 aromatic rings. The van der Waals surface area contributed by atoms with E-state index in [1.807, 2.05) is 38.1 Å². The molecular weight excluding hydrogens is 186 g/mol. The Balaban J connectivity index is 0.00000144. The van der Waals surface area contributed by atoms with E-state index >= 15 is 0 Å². The van der Waals surface area contributed by atoms with Crippen LogP contribution in [0.1, 0.15) is 11.1 Å². The van der Waals surface area contributed by atoms with Gasteiger partial charge in [-0.2, -0.15) is 0 Å². The van der Waals surface area contributed by atoms with E-state index in [-0.39, 0.29) is 12.4 Å². The zero-order valence-electron chi connectivity index (χ0n) is 8.24. The molecule has 0 saturated carbocycles. The minimum Gasteiger partial charge on any atom is -0.508 e. The molecule has 0 amide bonds. The second-order valence-electron chi connectivity index (χ2n) is 3.37. The third kappa shape index (κ3) is 3.66. The van der Waals surface area contributed by atoms with Crippen molar-refractivity contribution >= 4 is 12.4 Å². The molecule has 0 aliphatic carbocycles. The molecule has 0 saturated heterocycles. The van der Waals surface area contributed by atoms with Gasteiger partial charge in [0.05, 0.1) is 0 Å².